The molecule has 0 unspecified atom stereocenters. The summed E-state index contributed by atoms with van der Waals surface area (Å²) in [6, 6.07) is 0. The average molecular weight is 222 g/mol. The number of hydrogen-bond donors (Lipinski definition) is 1. The van der Waals surface area contributed by atoms with Gasteiger partial charge in [-0.2, -0.15) is 0 Å². The third-order valence-electron chi connectivity index (χ3n) is 4.30. The highest BCUT2D eigenvalue weighted by Crippen LogP contribution is 2.50. The van der Waals surface area contributed by atoms with E-state index in [-0.39, 0.29) is 11.2 Å². The molecule has 3 aliphatic rings. The van der Waals surface area contributed by atoms with Crippen LogP contribution in [0.15, 0.2) is 11.3 Å². The molecule has 0 saturated heterocycles. The van der Waals surface area contributed by atoms with E-state index in [0.717, 1.165) is 17.8 Å². The van der Waals surface area contributed by atoms with Crippen molar-refractivity contribution in [3.63, 3.8) is 0 Å². The molecule has 3 rings (SSSR count). The molecule has 1 atom stereocenters. The van der Waals surface area contributed by atoms with Gasteiger partial charge in [-0.3, -0.25) is 4.79 Å². The molecule has 1 fully saturated rings. The Bertz CT molecular complexity index is 350. The molecule has 3 heteroatoms. The average Bonchev–Trinajstić information content (AvgIpc) is 2.68. The largest absolute Gasteiger partial charge is 0.495 e. The molecule has 1 heterocycles. The Balaban J connectivity index is 1.89. The van der Waals surface area contributed by atoms with Crippen molar-refractivity contribution >= 4 is 5.78 Å². The van der Waals surface area contributed by atoms with E-state index in [1.54, 1.807) is 0 Å². The number of carbonyl (C=O) groups is 1. The molecule has 16 heavy (non-hydrogen) atoms. The first-order valence-corrected chi connectivity index (χ1v) is 6.25. The number of Topliss-reactive ketones (excluding diaryl/α,β-unsaturated/α-hetero) is 1. The van der Waals surface area contributed by atoms with E-state index in [4.69, 9.17) is 4.74 Å². The Morgan fingerprint density at radius 3 is 2.75 bits per heavy atom. The molecule has 1 spiro atoms. The second-order valence-corrected chi connectivity index (χ2v) is 5.55. The van der Waals surface area contributed by atoms with Crippen LogP contribution in [-0.4, -0.2) is 23.6 Å². The van der Waals surface area contributed by atoms with Crippen LogP contribution < -0.4 is 0 Å². The van der Waals surface area contributed by atoms with Gasteiger partial charge in [-0.1, -0.05) is 12.8 Å². The van der Waals surface area contributed by atoms with Crippen molar-refractivity contribution in [3.05, 3.63) is 11.3 Å². The highest BCUT2D eigenvalue weighted by atomic mass is 16.5. The molecule has 0 radical (unpaired) electrons. The van der Waals surface area contributed by atoms with Gasteiger partial charge in [-0.15, -0.1) is 0 Å². The minimum Gasteiger partial charge on any atom is -0.495 e. The second kappa shape index (κ2) is 3.59. The molecule has 1 saturated carbocycles. The van der Waals surface area contributed by atoms with Crippen LogP contribution in [0.25, 0.3) is 0 Å². The number of hydrogen-bond acceptors (Lipinski definition) is 3. The predicted octanol–water partition coefficient (Wildman–Crippen LogP) is 1.95. The summed E-state index contributed by atoms with van der Waals surface area (Å²) in [5.41, 5.74) is 0.981. The molecule has 0 aromatic heterocycles. The SMILES string of the molecule is O=C1CC2(CCCC2)CC2=C1C[C@H](O)CO2. The number of aliphatic hydroxyl groups excluding tert-OH is 1. The molecular formula is C13H18O3. The third kappa shape index (κ3) is 1.58. The first-order valence-electron chi connectivity index (χ1n) is 6.25. The van der Waals surface area contributed by atoms with E-state index >= 15 is 0 Å². The van der Waals surface area contributed by atoms with Crippen LogP contribution in [0.5, 0.6) is 0 Å². The topological polar surface area (TPSA) is 46.5 Å². The Labute approximate surface area is 95.5 Å². The van der Waals surface area contributed by atoms with Gasteiger partial charge in [0, 0.05) is 24.8 Å². The van der Waals surface area contributed by atoms with Gasteiger partial charge >= 0.3 is 0 Å². The van der Waals surface area contributed by atoms with Gasteiger partial charge in [0.05, 0.1) is 6.10 Å². The molecule has 0 bridgehead atoms. The predicted molar refractivity (Wildman–Crippen MR) is 58.7 cm³/mol. The molecule has 3 nitrogen and oxygen atoms in total. The molecule has 88 valence electrons. The van der Waals surface area contributed by atoms with E-state index in [0.29, 0.717) is 19.4 Å². The normalized spacial score (nSPS) is 32.8. The summed E-state index contributed by atoms with van der Waals surface area (Å²) in [6.07, 6.45) is 6.47. The van der Waals surface area contributed by atoms with Gasteiger partial charge in [0.15, 0.2) is 5.78 Å². The minimum atomic E-state index is -0.486. The van der Waals surface area contributed by atoms with Gasteiger partial charge in [-0.25, -0.2) is 0 Å². The van der Waals surface area contributed by atoms with E-state index in [2.05, 4.69) is 0 Å². The van der Waals surface area contributed by atoms with Gasteiger partial charge in [0.1, 0.15) is 12.4 Å². The standard InChI is InChI=1S/C13H18O3/c14-9-5-10-11(15)6-13(3-1-2-4-13)7-12(10)16-8-9/h9,14H,1-8H2/t9-/m0/s1. The lowest BCUT2D eigenvalue weighted by atomic mass is 9.71. The van der Waals surface area contributed by atoms with Crippen molar-refractivity contribution in [1.29, 1.82) is 0 Å². The molecule has 0 aromatic rings. The van der Waals surface area contributed by atoms with Gasteiger partial charge in [-0.05, 0) is 18.3 Å². The van der Waals surface area contributed by atoms with Crippen molar-refractivity contribution in [2.75, 3.05) is 6.61 Å². The fourth-order valence-corrected chi connectivity index (χ4v) is 3.45. The first-order chi connectivity index (χ1) is 7.69. The van der Waals surface area contributed by atoms with E-state index < -0.39 is 6.10 Å². The highest BCUT2D eigenvalue weighted by Gasteiger charge is 2.43. The van der Waals surface area contributed by atoms with Crippen LogP contribution in [0.3, 0.4) is 0 Å². The van der Waals surface area contributed by atoms with Crippen LogP contribution in [0.1, 0.15) is 44.9 Å². The van der Waals surface area contributed by atoms with Crippen LogP contribution in [-0.2, 0) is 9.53 Å². The summed E-state index contributed by atoms with van der Waals surface area (Å²) in [7, 11) is 0. The fourth-order valence-electron chi connectivity index (χ4n) is 3.45. The van der Waals surface area contributed by atoms with E-state index in [1.165, 1.54) is 25.7 Å². The molecular weight excluding hydrogens is 204 g/mol. The summed E-state index contributed by atoms with van der Waals surface area (Å²) in [5, 5.41) is 9.51. The number of ketones is 1. The Morgan fingerprint density at radius 2 is 2.00 bits per heavy atom. The smallest absolute Gasteiger partial charge is 0.162 e. The number of aliphatic hydroxyl groups is 1. The summed E-state index contributed by atoms with van der Waals surface area (Å²) in [5.74, 6) is 1.12. The monoisotopic (exact) mass is 222 g/mol. The number of allylic oxidation sites excluding steroid dienone is 1. The van der Waals surface area contributed by atoms with Crippen molar-refractivity contribution in [2.24, 2.45) is 5.41 Å². The summed E-state index contributed by atoms with van der Waals surface area (Å²) in [6.45, 7) is 0.363. The first kappa shape index (κ1) is 10.3. The zero-order valence-electron chi connectivity index (χ0n) is 9.50. The Kier molecular flexibility index (Phi) is 2.32. The van der Waals surface area contributed by atoms with Crippen molar-refractivity contribution in [1.82, 2.24) is 0 Å². The summed E-state index contributed by atoms with van der Waals surface area (Å²) >= 11 is 0. The number of ether oxygens (including phenoxy) is 1. The number of carbonyl (C=O) groups excluding carboxylic acids is 1. The van der Waals surface area contributed by atoms with E-state index in [9.17, 15) is 9.90 Å². The van der Waals surface area contributed by atoms with Crippen LogP contribution >= 0.6 is 0 Å². The Hall–Kier alpha value is -0.830. The zero-order chi connectivity index (χ0) is 11.2. The highest BCUT2D eigenvalue weighted by molar-refractivity contribution is 5.97. The maximum atomic E-state index is 12.1. The zero-order valence-corrected chi connectivity index (χ0v) is 9.50. The van der Waals surface area contributed by atoms with E-state index in [1.807, 2.05) is 0 Å². The minimum absolute atomic E-state index is 0.207. The quantitative estimate of drug-likeness (QED) is 0.681. The number of rotatable bonds is 0. The van der Waals surface area contributed by atoms with Crippen molar-refractivity contribution < 1.29 is 14.6 Å². The lowest BCUT2D eigenvalue weighted by Gasteiger charge is -2.37. The van der Waals surface area contributed by atoms with Crippen molar-refractivity contribution in [2.45, 2.75) is 51.0 Å². The second-order valence-electron chi connectivity index (χ2n) is 5.55. The lowest BCUT2D eigenvalue weighted by molar-refractivity contribution is -0.120. The van der Waals surface area contributed by atoms with Crippen molar-refractivity contribution in [3.8, 4) is 0 Å². The lowest BCUT2D eigenvalue weighted by Crippen LogP contribution is -2.35. The van der Waals surface area contributed by atoms with Crippen LogP contribution in [0, 0.1) is 5.41 Å². The van der Waals surface area contributed by atoms with Crippen LogP contribution in [0.2, 0.25) is 0 Å². The maximum Gasteiger partial charge on any atom is 0.162 e. The molecule has 1 aliphatic heterocycles. The fraction of sp³-hybridized carbons (Fsp3) is 0.769. The summed E-state index contributed by atoms with van der Waals surface area (Å²) in [4.78, 5) is 12.1. The van der Waals surface area contributed by atoms with Crippen LogP contribution in [0.4, 0.5) is 0 Å². The van der Waals surface area contributed by atoms with Gasteiger partial charge in [0.2, 0.25) is 0 Å². The third-order valence-corrected chi connectivity index (χ3v) is 4.30. The molecule has 0 aromatic carbocycles. The van der Waals surface area contributed by atoms with Gasteiger partial charge < -0.3 is 9.84 Å². The Morgan fingerprint density at radius 1 is 1.25 bits per heavy atom. The summed E-state index contributed by atoms with van der Waals surface area (Å²) < 4.78 is 5.56. The molecule has 0 amide bonds. The molecule has 2 aliphatic carbocycles. The molecule has 1 N–H and O–H groups in total. The van der Waals surface area contributed by atoms with Gasteiger partial charge in [0.25, 0.3) is 0 Å². The maximum absolute atomic E-state index is 12.1.